The lowest BCUT2D eigenvalue weighted by Crippen LogP contribution is -2.22. The molecule has 0 saturated heterocycles. The number of rotatable bonds is 7. The van der Waals surface area contributed by atoms with Crippen LogP contribution in [0.2, 0.25) is 0 Å². The summed E-state index contributed by atoms with van der Waals surface area (Å²) < 4.78 is 5.74. The van der Waals surface area contributed by atoms with Crippen molar-refractivity contribution in [3.8, 4) is 5.75 Å². The van der Waals surface area contributed by atoms with Crippen LogP contribution in [0.5, 0.6) is 5.75 Å². The van der Waals surface area contributed by atoms with Crippen LogP contribution in [-0.2, 0) is 11.3 Å². The first-order valence-electron chi connectivity index (χ1n) is 7.11. The van der Waals surface area contributed by atoms with E-state index >= 15 is 0 Å². The monoisotopic (exact) mass is 278 g/mol. The Morgan fingerprint density at radius 2 is 1.85 bits per heavy atom. The Labute approximate surface area is 121 Å². The lowest BCUT2D eigenvalue weighted by molar-refractivity contribution is -0.121. The smallest absolute Gasteiger partial charge is 0.223 e. The molecule has 0 bridgehead atoms. The zero-order chi connectivity index (χ0) is 15.1. The molecule has 112 valence electrons. The normalized spacial score (nSPS) is 10.7. The van der Waals surface area contributed by atoms with Crippen LogP contribution in [0.4, 0.5) is 0 Å². The molecule has 0 spiro atoms. The van der Waals surface area contributed by atoms with Gasteiger partial charge in [0.15, 0.2) is 0 Å². The second kappa shape index (κ2) is 7.90. The third-order valence-electron chi connectivity index (χ3n) is 3.09. The molecule has 4 heteroatoms. The quantitative estimate of drug-likeness (QED) is 0.805. The minimum absolute atomic E-state index is 0.00180. The number of hydrogen-bond donors (Lipinski definition) is 2. The summed E-state index contributed by atoms with van der Waals surface area (Å²) >= 11 is 0. The summed E-state index contributed by atoms with van der Waals surface area (Å²) in [5.41, 5.74) is 3.48. The van der Waals surface area contributed by atoms with Gasteiger partial charge in [-0.1, -0.05) is 26.0 Å². The van der Waals surface area contributed by atoms with Gasteiger partial charge in [0.2, 0.25) is 5.91 Å². The molecular weight excluding hydrogens is 252 g/mol. The van der Waals surface area contributed by atoms with E-state index < -0.39 is 0 Å². The third kappa shape index (κ3) is 5.21. The summed E-state index contributed by atoms with van der Waals surface area (Å²) in [6.45, 7) is 9.62. The summed E-state index contributed by atoms with van der Waals surface area (Å²) in [5.74, 6) is 0.889. The number of hydrogen-bond acceptors (Lipinski definition) is 3. The van der Waals surface area contributed by atoms with Crippen molar-refractivity contribution in [3.05, 3.63) is 28.8 Å². The molecule has 4 nitrogen and oxygen atoms in total. The van der Waals surface area contributed by atoms with Gasteiger partial charge in [-0.3, -0.25) is 4.79 Å². The van der Waals surface area contributed by atoms with Gasteiger partial charge in [0.05, 0.1) is 13.0 Å². The predicted molar refractivity (Wildman–Crippen MR) is 82.1 cm³/mol. The highest BCUT2D eigenvalue weighted by Crippen LogP contribution is 2.25. The molecule has 0 saturated carbocycles. The molecule has 0 heterocycles. The molecule has 1 rings (SSSR count). The molecule has 0 radical (unpaired) electrons. The molecule has 0 atom stereocenters. The van der Waals surface area contributed by atoms with Gasteiger partial charge in [0.1, 0.15) is 5.75 Å². The average molecular weight is 278 g/mol. The van der Waals surface area contributed by atoms with Crippen molar-refractivity contribution in [2.75, 3.05) is 13.7 Å². The standard InChI is InChI=1S/C16H26N2O2/c1-11(2)18-10-14-8-12(3)16(13(4)9-14)20-7-6-15(19)17-5/h8-9,11,18H,6-7,10H2,1-5H3,(H,17,19). The van der Waals surface area contributed by atoms with Crippen LogP contribution < -0.4 is 15.4 Å². The first kappa shape index (κ1) is 16.5. The number of carbonyl (C=O) groups excluding carboxylic acids is 1. The first-order valence-corrected chi connectivity index (χ1v) is 7.11. The van der Waals surface area contributed by atoms with Crippen molar-refractivity contribution in [1.82, 2.24) is 10.6 Å². The Bertz CT molecular complexity index is 433. The van der Waals surface area contributed by atoms with E-state index in [0.717, 1.165) is 23.4 Å². The lowest BCUT2D eigenvalue weighted by atomic mass is 10.1. The number of amides is 1. The van der Waals surface area contributed by atoms with E-state index in [-0.39, 0.29) is 5.91 Å². The van der Waals surface area contributed by atoms with Crippen LogP contribution in [0.3, 0.4) is 0 Å². The minimum Gasteiger partial charge on any atom is -0.493 e. The fourth-order valence-electron chi connectivity index (χ4n) is 2.06. The van der Waals surface area contributed by atoms with Crippen LogP contribution in [0.1, 0.15) is 37.0 Å². The number of aryl methyl sites for hydroxylation is 2. The summed E-state index contributed by atoms with van der Waals surface area (Å²) in [6.07, 6.45) is 0.381. The number of carbonyl (C=O) groups is 1. The number of ether oxygens (including phenoxy) is 1. The van der Waals surface area contributed by atoms with Gasteiger partial charge in [0, 0.05) is 19.6 Å². The van der Waals surface area contributed by atoms with Gasteiger partial charge < -0.3 is 15.4 Å². The van der Waals surface area contributed by atoms with E-state index in [9.17, 15) is 4.79 Å². The topological polar surface area (TPSA) is 50.4 Å². The van der Waals surface area contributed by atoms with Crippen LogP contribution >= 0.6 is 0 Å². The Morgan fingerprint density at radius 1 is 1.25 bits per heavy atom. The zero-order valence-electron chi connectivity index (χ0n) is 13.2. The molecule has 1 amide bonds. The molecule has 0 unspecified atom stereocenters. The Balaban J connectivity index is 2.66. The third-order valence-corrected chi connectivity index (χ3v) is 3.09. The lowest BCUT2D eigenvalue weighted by Gasteiger charge is -2.15. The van der Waals surface area contributed by atoms with Crippen molar-refractivity contribution in [2.45, 2.75) is 46.7 Å². The molecule has 2 N–H and O–H groups in total. The van der Waals surface area contributed by atoms with Gasteiger partial charge in [0.25, 0.3) is 0 Å². The summed E-state index contributed by atoms with van der Waals surface area (Å²) in [6, 6.07) is 4.74. The molecule has 1 aromatic rings. The van der Waals surface area contributed by atoms with Crippen LogP contribution in [0.25, 0.3) is 0 Å². The van der Waals surface area contributed by atoms with Crippen molar-refractivity contribution < 1.29 is 9.53 Å². The molecule has 0 aliphatic rings. The van der Waals surface area contributed by atoms with Crippen LogP contribution in [-0.4, -0.2) is 25.6 Å². The fraction of sp³-hybridized carbons (Fsp3) is 0.562. The summed E-state index contributed by atoms with van der Waals surface area (Å²) in [4.78, 5) is 11.2. The van der Waals surface area contributed by atoms with E-state index in [4.69, 9.17) is 4.74 Å². The maximum Gasteiger partial charge on any atom is 0.223 e. The van der Waals surface area contributed by atoms with Gasteiger partial charge >= 0.3 is 0 Å². The molecule has 0 fully saturated rings. The van der Waals surface area contributed by atoms with E-state index in [1.165, 1.54) is 5.56 Å². The van der Waals surface area contributed by atoms with Gasteiger partial charge in [-0.25, -0.2) is 0 Å². The zero-order valence-corrected chi connectivity index (χ0v) is 13.2. The molecular formula is C16H26N2O2. The highest BCUT2D eigenvalue weighted by molar-refractivity contribution is 5.75. The largest absolute Gasteiger partial charge is 0.493 e. The van der Waals surface area contributed by atoms with E-state index in [0.29, 0.717) is 19.1 Å². The van der Waals surface area contributed by atoms with Gasteiger partial charge in [-0.2, -0.15) is 0 Å². The van der Waals surface area contributed by atoms with Crippen molar-refractivity contribution in [3.63, 3.8) is 0 Å². The van der Waals surface area contributed by atoms with Crippen LogP contribution in [0, 0.1) is 13.8 Å². The Morgan fingerprint density at radius 3 is 2.35 bits per heavy atom. The number of nitrogens with one attached hydrogen (secondary N) is 2. The maximum atomic E-state index is 11.2. The second-order valence-corrected chi connectivity index (χ2v) is 5.37. The summed E-state index contributed by atoms with van der Waals surface area (Å²) in [5, 5.41) is 6.00. The fourth-order valence-corrected chi connectivity index (χ4v) is 2.06. The van der Waals surface area contributed by atoms with Crippen molar-refractivity contribution >= 4 is 5.91 Å². The van der Waals surface area contributed by atoms with E-state index in [1.807, 2.05) is 13.8 Å². The van der Waals surface area contributed by atoms with E-state index in [2.05, 4.69) is 36.6 Å². The second-order valence-electron chi connectivity index (χ2n) is 5.37. The highest BCUT2D eigenvalue weighted by atomic mass is 16.5. The Kier molecular flexibility index (Phi) is 6.52. The molecule has 0 aliphatic heterocycles. The molecule has 1 aromatic carbocycles. The SMILES string of the molecule is CNC(=O)CCOc1c(C)cc(CNC(C)C)cc1C. The van der Waals surface area contributed by atoms with Crippen molar-refractivity contribution in [2.24, 2.45) is 0 Å². The highest BCUT2D eigenvalue weighted by Gasteiger charge is 2.08. The molecule has 0 aromatic heterocycles. The van der Waals surface area contributed by atoms with E-state index in [1.54, 1.807) is 7.05 Å². The van der Waals surface area contributed by atoms with Crippen LogP contribution in [0.15, 0.2) is 12.1 Å². The minimum atomic E-state index is -0.00180. The first-order chi connectivity index (χ1) is 9.43. The predicted octanol–water partition coefficient (Wildman–Crippen LogP) is 2.32. The maximum absolute atomic E-state index is 11.2. The van der Waals surface area contributed by atoms with Gasteiger partial charge in [-0.05, 0) is 30.5 Å². The average Bonchev–Trinajstić information content (AvgIpc) is 2.39. The molecule has 0 aliphatic carbocycles. The molecule has 20 heavy (non-hydrogen) atoms. The van der Waals surface area contributed by atoms with Gasteiger partial charge in [-0.15, -0.1) is 0 Å². The number of benzene rings is 1. The van der Waals surface area contributed by atoms with Crippen molar-refractivity contribution in [1.29, 1.82) is 0 Å². The Hall–Kier alpha value is -1.55. The summed E-state index contributed by atoms with van der Waals surface area (Å²) in [7, 11) is 1.63.